The van der Waals surface area contributed by atoms with Gasteiger partial charge in [-0.1, -0.05) is 31.2 Å². The fourth-order valence-electron chi connectivity index (χ4n) is 2.20. The topological polar surface area (TPSA) is 30.0 Å². The van der Waals surface area contributed by atoms with Gasteiger partial charge in [0.1, 0.15) is 0 Å². The van der Waals surface area contributed by atoms with E-state index in [-0.39, 0.29) is 11.7 Å². The first kappa shape index (κ1) is 9.52. The van der Waals surface area contributed by atoms with Crippen LogP contribution in [0.15, 0.2) is 36.7 Å². The summed E-state index contributed by atoms with van der Waals surface area (Å²) in [6.07, 6.45) is 4.54. The molecule has 0 amide bonds. The SMILES string of the molecule is CC1CC1C(=O)c1cncc2ccccc12. The molecule has 0 N–H and O–H groups in total. The lowest BCUT2D eigenvalue weighted by molar-refractivity contribution is 0.0963. The molecular formula is C14H13NO. The van der Waals surface area contributed by atoms with Crippen LogP contribution >= 0.6 is 0 Å². The van der Waals surface area contributed by atoms with Crippen LogP contribution in [0.2, 0.25) is 0 Å². The molecule has 1 saturated carbocycles. The number of fused-ring (bicyclic) bond motifs is 1. The molecule has 1 aliphatic rings. The quantitative estimate of drug-likeness (QED) is 0.714. The maximum atomic E-state index is 12.2. The Morgan fingerprint density at radius 2 is 2.06 bits per heavy atom. The number of carbonyl (C=O) groups excluding carboxylic acids is 1. The Morgan fingerprint density at radius 1 is 1.31 bits per heavy atom. The molecule has 0 spiro atoms. The second-order valence-electron chi connectivity index (χ2n) is 4.59. The maximum absolute atomic E-state index is 12.2. The zero-order valence-electron chi connectivity index (χ0n) is 9.18. The Hall–Kier alpha value is -1.70. The largest absolute Gasteiger partial charge is 0.294 e. The number of hydrogen-bond acceptors (Lipinski definition) is 2. The van der Waals surface area contributed by atoms with E-state index in [9.17, 15) is 4.79 Å². The van der Waals surface area contributed by atoms with E-state index in [2.05, 4.69) is 11.9 Å². The van der Waals surface area contributed by atoms with Gasteiger partial charge in [-0.15, -0.1) is 0 Å². The van der Waals surface area contributed by atoms with E-state index in [1.807, 2.05) is 30.5 Å². The number of pyridine rings is 1. The van der Waals surface area contributed by atoms with E-state index in [4.69, 9.17) is 0 Å². The normalized spacial score (nSPS) is 23.3. The summed E-state index contributed by atoms with van der Waals surface area (Å²) in [5.74, 6) is 1.04. The number of rotatable bonds is 2. The number of ketones is 1. The van der Waals surface area contributed by atoms with Gasteiger partial charge in [-0.05, 0) is 17.7 Å². The molecule has 2 atom stereocenters. The van der Waals surface area contributed by atoms with Crippen LogP contribution in [0.25, 0.3) is 10.8 Å². The predicted molar refractivity (Wildman–Crippen MR) is 63.3 cm³/mol. The minimum Gasteiger partial charge on any atom is -0.294 e. The monoisotopic (exact) mass is 211 g/mol. The van der Waals surface area contributed by atoms with Crippen molar-refractivity contribution in [3.8, 4) is 0 Å². The van der Waals surface area contributed by atoms with Crippen molar-refractivity contribution >= 4 is 16.6 Å². The van der Waals surface area contributed by atoms with Crippen molar-refractivity contribution in [2.45, 2.75) is 13.3 Å². The lowest BCUT2D eigenvalue weighted by Crippen LogP contribution is -2.04. The third kappa shape index (κ3) is 1.42. The molecule has 1 aromatic heterocycles. The van der Waals surface area contributed by atoms with Gasteiger partial charge in [0.15, 0.2) is 5.78 Å². The first-order valence-electron chi connectivity index (χ1n) is 5.64. The molecule has 1 heterocycles. The highest BCUT2D eigenvalue weighted by atomic mass is 16.1. The Bertz CT molecular complexity index is 556. The Morgan fingerprint density at radius 3 is 2.81 bits per heavy atom. The van der Waals surface area contributed by atoms with Gasteiger partial charge in [0.05, 0.1) is 0 Å². The number of Topliss-reactive ketones (excluding diaryl/α,β-unsaturated/α-hetero) is 1. The molecule has 0 aliphatic heterocycles. The van der Waals surface area contributed by atoms with Crippen LogP contribution in [0, 0.1) is 11.8 Å². The van der Waals surface area contributed by atoms with Gasteiger partial charge in [0.25, 0.3) is 0 Å². The van der Waals surface area contributed by atoms with Gasteiger partial charge in [0, 0.05) is 29.3 Å². The van der Waals surface area contributed by atoms with Gasteiger partial charge >= 0.3 is 0 Å². The lowest BCUT2D eigenvalue weighted by atomic mass is 10.0. The Labute approximate surface area is 94.3 Å². The third-order valence-corrected chi connectivity index (χ3v) is 3.38. The predicted octanol–water partition coefficient (Wildman–Crippen LogP) is 3.07. The summed E-state index contributed by atoms with van der Waals surface area (Å²) in [7, 11) is 0. The molecule has 0 bridgehead atoms. The van der Waals surface area contributed by atoms with Crippen LogP contribution in [0.5, 0.6) is 0 Å². The lowest BCUT2D eigenvalue weighted by Gasteiger charge is -2.03. The average Bonchev–Trinajstić information content (AvgIpc) is 3.05. The Balaban J connectivity index is 2.13. The zero-order chi connectivity index (χ0) is 11.1. The second-order valence-corrected chi connectivity index (χ2v) is 4.59. The highest BCUT2D eigenvalue weighted by molar-refractivity contribution is 6.09. The van der Waals surface area contributed by atoms with Gasteiger partial charge in [0.2, 0.25) is 0 Å². The van der Waals surface area contributed by atoms with E-state index in [1.165, 1.54) is 0 Å². The molecule has 3 rings (SSSR count). The Kier molecular flexibility index (Phi) is 2.03. The maximum Gasteiger partial charge on any atom is 0.168 e. The van der Waals surface area contributed by atoms with Gasteiger partial charge in [-0.25, -0.2) is 0 Å². The van der Waals surface area contributed by atoms with Gasteiger partial charge in [-0.2, -0.15) is 0 Å². The molecule has 2 unspecified atom stereocenters. The molecule has 1 aliphatic carbocycles. The van der Waals surface area contributed by atoms with E-state index < -0.39 is 0 Å². The highest BCUT2D eigenvalue weighted by Gasteiger charge is 2.39. The summed E-state index contributed by atoms with van der Waals surface area (Å²) in [6, 6.07) is 7.93. The van der Waals surface area contributed by atoms with E-state index in [1.54, 1.807) is 6.20 Å². The number of benzene rings is 1. The summed E-state index contributed by atoms with van der Waals surface area (Å²) in [5, 5.41) is 2.07. The van der Waals surface area contributed by atoms with Crippen molar-refractivity contribution in [3.05, 3.63) is 42.2 Å². The van der Waals surface area contributed by atoms with Crippen molar-refractivity contribution in [1.82, 2.24) is 4.98 Å². The molecule has 0 radical (unpaired) electrons. The molecule has 80 valence electrons. The van der Waals surface area contributed by atoms with Crippen LogP contribution in [0.4, 0.5) is 0 Å². The summed E-state index contributed by atoms with van der Waals surface area (Å²) in [6.45, 7) is 2.13. The first-order valence-corrected chi connectivity index (χ1v) is 5.64. The smallest absolute Gasteiger partial charge is 0.168 e. The summed E-state index contributed by atoms with van der Waals surface area (Å²) in [5.41, 5.74) is 0.785. The minimum absolute atomic E-state index is 0.229. The average molecular weight is 211 g/mol. The van der Waals surface area contributed by atoms with Gasteiger partial charge in [-0.3, -0.25) is 9.78 Å². The standard InChI is InChI=1S/C14H13NO/c1-9-6-12(9)14(16)13-8-15-7-10-4-2-3-5-11(10)13/h2-5,7-9,12H,6H2,1H3. The molecule has 16 heavy (non-hydrogen) atoms. The molecule has 2 heteroatoms. The van der Waals surface area contributed by atoms with Crippen molar-refractivity contribution in [3.63, 3.8) is 0 Å². The fraction of sp³-hybridized carbons (Fsp3) is 0.286. The number of carbonyl (C=O) groups is 1. The first-order chi connectivity index (χ1) is 7.77. The van der Waals surface area contributed by atoms with Crippen molar-refractivity contribution < 1.29 is 4.79 Å². The molecule has 1 aromatic carbocycles. The minimum atomic E-state index is 0.229. The summed E-state index contributed by atoms with van der Waals surface area (Å²) >= 11 is 0. The van der Waals surface area contributed by atoms with Gasteiger partial charge < -0.3 is 0 Å². The highest BCUT2D eigenvalue weighted by Crippen LogP contribution is 2.41. The van der Waals surface area contributed by atoms with Crippen molar-refractivity contribution in [2.24, 2.45) is 11.8 Å². The van der Waals surface area contributed by atoms with Crippen LogP contribution in [0.1, 0.15) is 23.7 Å². The van der Waals surface area contributed by atoms with Crippen LogP contribution < -0.4 is 0 Å². The second kappa shape index (κ2) is 3.41. The molecule has 0 saturated heterocycles. The van der Waals surface area contributed by atoms with Crippen molar-refractivity contribution in [2.75, 3.05) is 0 Å². The van der Waals surface area contributed by atoms with Crippen LogP contribution in [-0.4, -0.2) is 10.8 Å². The number of hydrogen-bond donors (Lipinski definition) is 0. The van der Waals surface area contributed by atoms with E-state index in [0.717, 1.165) is 22.8 Å². The molecule has 2 nitrogen and oxygen atoms in total. The summed E-state index contributed by atoms with van der Waals surface area (Å²) < 4.78 is 0. The van der Waals surface area contributed by atoms with E-state index in [0.29, 0.717) is 5.92 Å². The molecular weight excluding hydrogens is 198 g/mol. The molecule has 2 aromatic rings. The van der Waals surface area contributed by atoms with Crippen LogP contribution in [-0.2, 0) is 0 Å². The molecule has 1 fully saturated rings. The van der Waals surface area contributed by atoms with Crippen LogP contribution in [0.3, 0.4) is 0 Å². The number of nitrogens with zero attached hydrogens (tertiary/aromatic N) is 1. The summed E-state index contributed by atoms with van der Waals surface area (Å²) in [4.78, 5) is 16.3. The third-order valence-electron chi connectivity index (χ3n) is 3.38. The van der Waals surface area contributed by atoms with E-state index >= 15 is 0 Å². The number of aromatic nitrogens is 1. The fourth-order valence-corrected chi connectivity index (χ4v) is 2.20. The zero-order valence-corrected chi connectivity index (χ0v) is 9.18. The van der Waals surface area contributed by atoms with Crippen molar-refractivity contribution in [1.29, 1.82) is 0 Å².